The monoisotopic (exact) mass is 195 g/mol. The minimum Gasteiger partial charge on any atom is -0.294 e. The quantitative estimate of drug-likeness (QED) is 0.677. The van der Waals surface area contributed by atoms with Crippen molar-refractivity contribution in [3.63, 3.8) is 0 Å². The van der Waals surface area contributed by atoms with Gasteiger partial charge in [-0.2, -0.15) is 0 Å². The highest BCUT2D eigenvalue weighted by Crippen LogP contribution is 2.35. The van der Waals surface area contributed by atoms with Crippen molar-refractivity contribution >= 4 is 5.78 Å². The van der Waals surface area contributed by atoms with Crippen molar-refractivity contribution in [3.05, 3.63) is 35.4 Å². The summed E-state index contributed by atoms with van der Waals surface area (Å²) >= 11 is 0. The fourth-order valence-electron chi connectivity index (χ4n) is 1.39. The van der Waals surface area contributed by atoms with E-state index in [9.17, 15) is 13.6 Å². The van der Waals surface area contributed by atoms with Crippen molar-refractivity contribution < 1.29 is 13.6 Å². The molecule has 0 amide bonds. The predicted octanol–water partition coefficient (Wildman–Crippen LogP) is 3.02. The zero-order valence-electron chi connectivity index (χ0n) is 7.47. The molecule has 0 aromatic heterocycles. The van der Waals surface area contributed by atoms with Gasteiger partial charge in [0.15, 0.2) is 5.78 Å². The second-order valence-corrected chi connectivity index (χ2v) is 3.44. The number of benzene rings is 1. The third kappa shape index (κ3) is 1.67. The van der Waals surface area contributed by atoms with Gasteiger partial charge in [-0.25, -0.2) is 8.78 Å². The molecular weight excluding hydrogens is 186 g/mol. The van der Waals surface area contributed by atoms with E-state index in [1.54, 1.807) is 0 Å². The number of hydrogen-bond donors (Lipinski definition) is 0. The molecule has 2 rings (SSSR count). The van der Waals surface area contributed by atoms with Crippen molar-refractivity contribution in [3.8, 4) is 0 Å². The van der Waals surface area contributed by atoms with Gasteiger partial charge < -0.3 is 0 Å². The molecule has 1 fully saturated rings. The first kappa shape index (κ1) is 9.31. The van der Waals surface area contributed by atoms with Gasteiger partial charge in [0.2, 0.25) is 0 Å². The minimum atomic E-state index is -2.59. The molecule has 1 aliphatic carbocycles. The van der Waals surface area contributed by atoms with Crippen LogP contribution >= 0.6 is 0 Å². The molecule has 0 N–H and O–H groups in total. The van der Waals surface area contributed by atoms with Crippen molar-refractivity contribution in [1.82, 2.24) is 0 Å². The van der Waals surface area contributed by atoms with Crippen molar-refractivity contribution in [2.45, 2.75) is 19.3 Å². The lowest BCUT2D eigenvalue weighted by Crippen LogP contribution is -2.06. The van der Waals surface area contributed by atoms with Crippen LogP contribution in [0.1, 0.15) is 35.2 Å². The van der Waals surface area contributed by atoms with Crippen LogP contribution < -0.4 is 0 Å². The zero-order valence-corrected chi connectivity index (χ0v) is 7.47. The Kier molecular flexibility index (Phi) is 2.32. The van der Waals surface area contributed by atoms with Gasteiger partial charge in [0.05, 0.1) is 0 Å². The molecule has 0 aliphatic heterocycles. The summed E-state index contributed by atoms with van der Waals surface area (Å²) in [6.45, 7) is 0. The van der Waals surface area contributed by atoms with E-state index in [-0.39, 0.29) is 22.8 Å². The summed E-state index contributed by atoms with van der Waals surface area (Å²) < 4.78 is 25.0. The lowest BCUT2D eigenvalue weighted by Gasteiger charge is -2.05. The molecule has 14 heavy (non-hydrogen) atoms. The molecule has 0 unspecified atom stereocenters. The Morgan fingerprint density at radius 3 is 2.79 bits per heavy atom. The highest BCUT2D eigenvalue weighted by Gasteiger charge is 2.32. The van der Waals surface area contributed by atoms with Crippen LogP contribution in [0.5, 0.6) is 0 Å². The van der Waals surface area contributed by atoms with Gasteiger partial charge in [0.25, 0.3) is 6.43 Å². The molecule has 1 saturated carbocycles. The minimum absolute atomic E-state index is 0.0360. The first-order valence-electron chi connectivity index (χ1n) is 4.53. The summed E-state index contributed by atoms with van der Waals surface area (Å²) in [6.07, 6.45) is -0.945. The standard InChI is InChI=1S/C11H9F2O/c12-11(13)9-4-2-1-3-8(9)10(14)7-5-6-7/h1-2,4,7,11H,5-6H2. The highest BCUT2D eigenvalue weighted by atomic mass is 19.3. The van der Waals surface area contributed by atoms with E-state index >= 15 is 0 Å². The third-order valence-electron chi connectivity index (χ3n) is 2.32. The number of rotatable bonds is 3. The maximum atomic E-state index is 12.5. The van der Waals surface area contributed by atoms with Gasteiger partial charge >= 0.3 is 0 Å². The van der Waals surface area contributed by atoms with Gasteiger partial charge in [-0.15, -0.1) is 0 Å². The number of hydrogen-bond acceptors (Lipinski definition) is 1. The fourth-order valence-corrected chi connectivity index (χ4v) is 1.39. The number of carbonyl (C=O) groups is 1. The Labute approximate surface area is 80.7 Å². The van der Waals surface area contributed by atoms with E-state index in [0.717, 1.165) is 12.8 Å². The smallest absolute Gasteiger partial charge is 0.264 e. The van der Waals surface area contributed by atoms with Gasteiger partial charge in [0, 0.05) is 17.0 Å². The van der Waals surface area contributed by atoms with Gasteiger partial charge in [-0.3, -0.25) is 4.79 Å². The summed E-state index contributed by atoms with van der Waals surface area (Å²) in [4.78, 5) is 11.6. The second kappa shape index (κ2) is 3.48. The van der Waals surface area contributed by atoms with E-state index in [0.29, 0.717) is 0 Å². The molecule has 73 valence electrons. The highest BCUT2D eigenvalue weighted by molar-refractivity contribution is 6.00. The van der Waals surface area contributed by atoms with Gasteiger partial charge in [-0.05, 0) is 18.9 Å². The number of halogens is 2. The molecule has 1 aromatic carbocycles. The molecule has 1 nitrogen and oxygen atoms in total. The topological polar surface area (TPSA) is 17.1 Å². The second-order valence-electron chi connectivity index (χ2n) is 3.44. The van der Waals surface area contributed by atoms with E-state index in [1.165, 1.54) is 18.2 Å². The Morgan fingerprint density at radius 2 is 2.21 bits per heavy atom. The van der Waals surface area contributed by atoms with Crippen molar-refractivity contribution in [2.75, 3.05) is 0 Å². The van der Waals surface area contributed by atoms with Crippen LogP contribution in [-0.4, -0.2) is 5.78 Å². The summed E-state index contributed by atoms with van der Waals surface area (Å²) in [5.41, 5.74) is -0.116. The first-order valence-corrected chi connectivity index (χ1v) is 4.53. The number of Topliss-reactive ketones (excluding diaryl/α,β-unsaturated/α-hetero) is 1. The molecule has 0 atom stereocenters. The van der Waals surface area contributed by atoms with E-state index < -0.39 is 6.43 Å². The van der Waals surface area contributed by atoms with Crippen LogP contribution in [0.3, 0.4) is 0 Å². The molecule has 0 spiro atoms. The Hall–Kier alpha value is -1.25. The Morgan fingerprint density at radius 1 is 1.50 bits per heavy atom. The predicted molar refractivity (Wildman–Crippen MR) is 47.3 cm³/mol. The van der Waals surface area contributed by atoms with Crippen LogP contribution in [0.25, 0.3) is 0 Å². The summed E-state index contributed by atoms with van der Waals surface area (Å²) in [7, 11) is 0. The summed E-state index contributed by atoms with van der Waals surface area (Å²) in [5, 5.41) is 0. The number of carbonyl (C=O) groups excluding carboxylic acids is 1. The Bertz CT molecular complexity index is 356. The number of ketones is 1. The molecular formula is C11H9F2O. The Balaban J connectivity index is 2.35. The number of alkyl halides is 2. The van der Waals surface area contributed by atoms with Gasteiger partial charge in [-0.1, -0.05) is 18.2 Å². The lowest BCUT2D eigenvalue weighted by atomic mass is 10.0. The SMILES string of the molecule is O=C(c1[c]cccc1C(F)F)C1CC1. The largest absolute Gasteiger partial charge is 0.294 e. The molecule has 1 aromatic rings. The molecule has 3 heteroatoms. The molecule has 0 heterocycles. The lowest BCUT2D eigenvalue weighted by molar-refractivity contribution is 0.0953. The van der Waals surface area contributed by atoms with Crippen LogP contribution in [0.4, 0.5) is 8.78 Å². The van der Waals surface area contributed by atoms with Crippen LogP contribution in [0, 0.1) is 12.0 Å². The molecule has 0 saturated heterocycles. The van der Waals surface area contributed by atoms with E-state index in [2.05, 4.69) is 6.07 Å². The van der Waals surface area contributed by atoms with Gasteiger partial charge in [0.1, 0.15) is 0 Å². The molecule has 1 radical (unpaired) electrons. The first-order chi connectivity index (χ1) is 6.70. The molecule has 1 aliphatic rings. The molecule has 0 bridgehead atoms. The van der Waals surface area contributed by atoms with Crippen LogP contribution in [0.15, 0.2) is 18.2 Å². The third-order valence-corrected chi connectivity index (χ3v) is 2.32. The van der Waals surface area contributed by atoms with Crippen LogP contribution in [-0.2, 0) is 0 Å². The normalized spacial score (nSPS) is 15.9. The van der Waals surface area contributed by atoms with Crippen molar-refractivity contribution in [1.29, 1.82) is 0 Å². The maximum Gasteiger partial charge on any atom is 0.264 e. The van der Waals surface area contributed by atoms with E-state index in [1.807, 2.05) is 0 Å². The summed E-state index contributed by atoms with van der Waals surface area (Å²) in [5.74, 6) is -0.216. The van der Waals surface area contributed by atoms with Crippen molar-refractivity contribution in [2.24, 2.45) is 5.92 Å². The maximum absolute atomic E-state index is 12.5. The zero-order chi connectivity index (χ0) is 10.1. The fraction of sp³-hybridized carbons (Fsp3) is 0.364. The average molecular weight is 195 g/mol. The van der Waals surface area contributed by atoms with Crippen LogP contribution in [0.2, 0.25) is 0 Å². The van der Waals surface area contributed by atoms with E-state index in [4.69, 9.17) is 0 Å². The summed E-state index contributed by atoms with van der Waals surface area (Å²) in [6, 6.07) is 6.88. The average Bonchev–Trinajstić information content (AvgIpc) is 3.00.